The van der Waals surface area contributed by atoms with Crippen molar-refractivity contribution in [1.29, 1.82) is 0 Å². The first-order valence-electron chi connectivity index (χ1n) is 6.82. The van der Waals surface area contributed by atoms with Crippen molar-refractivity contribution in [2.24, 2.45) is 0 Å². The van der Waals surface area contributed by atoms with Crippen LogP contribution in [0.3, 0.4) is 0 Å². The highest BCUT2D eigenvalue weighted by molar-refractivity contribution is 6.42. The van der Waals surface area contributed by atoms with Gasteiger partial charge in [0.05, 0.1) is 16.1 Å². The van der Waals surface area contributed by atoms with Crippen LogP contribution >= 0.6 is 23.2 Å². The van der Waals surface area contributed by atoms with E-state index in [0.717, 1.165) is 24.8 Å². The van der Waals surface area contributed by atoms with Gasteiger partial charge in [-0.2, -0.15) is 0 Å². The second-order valence-electron chi connectivity index (χ2n) is 5.45. The Balaban J connectivity index is 1.99. The van der Waals surface area contributed by atoms with E-state index in [2.05, 4.69) is 12.1 Å². The van der Waals surface area contributed by atoms with Crippen molar-refractivity contribution < 1.29 is 5.11 Å². The van der Waals surface area contributed by atoms with Gasteiger partial charge in [-0.15, -0.1) is 0 Å². The first-order valence-corrected chi connectivity index (χ1v) is 7.58. The topological polar surface area (TPSA) is 20.2 Å². The summed E-state index contributed by atoms with van der Waals surface area (Å²) in [7, 11) is 0. The summed E-state index contributed by atoms with van der Waals surface area (Å²) in [5.41, 5.74) is 1.85. The van der Waals surface area contributed by atoms with Gasteiger partial charge in [0.2, 0.25) is 0 Å². The summed E-state index contributed by atoms with van der Waals surface area (Å²) in [6.45, 7) is 0. The van der Waals surface area contributed by atoms with Gasteiger partial charge >= 0.3 is 0 Å². The first kappa shape index (κ1) is 13.9. The van der Waals surface area contributed by atoms with Gasteiger partial charge in [0.15, 0.2) is 0 Å². The molecule has 1 aliphatic carbocycles. The van der Waals surface area contributed by atoms with E-state index in [0.29, 0.717) is 10.0 Å². The van der Waals surface area contributed by atoms with Crippen molar-refractivity contribution in [1.82, 2.24) is 0 Å². The van der Waals surface area contributed by atoms with Gasteiger partial charge in [-0.05, 0) is 36.1 Å². The predicted molar refractivity (Wildman–Crippen MR) is 83.4 cm³/mol. The van der Waals surface area contributed by atoms with Gasteiger partial charge in [-0.3, -0.25) is 0 Å². The lowest BCUT2D eigenvalue weighted by Crippen LogP contribution is -2.40. The Bertz CT molecular complexity index is 606. The maximum absolute atomic E-state index is 10.9. The molecule has 0 radical (unpaired) electrons. The van der Waals surface area contributed by atoms with Crippen LogP contribution in [0.5, 0.6) is 0 Å². The Labute approximate surface area is 129 Å². The van der Waals surface area contributed by atoms with Crippen molar-refractivity contribution in [3.63, 3.8) is 0 Å². The van der Waals surface area contributed by atoms with Crippen LogP contribution in [0.25, 0.3) is 0 Å². The maximum atomic E-state index is 10.9. The molecule has 3 heteroatoms. The molecule has 20 heavy (non-hydrogen) atoms. The quantitative estimate of drug-likeness (QED) is 0.831. The number of hydrogen-bond acceptors (Lipinski definition) is 1. The van der Waals surface area contributed by atoms with Crippen molar-refractivity contribution in [2.75, 3.05) is 0 Å². The third kappa shape index (κ3) is 2.24. The third-order valence-electron chi connectivity index (χ3n) is 4.38. The van der Waals surface area contributed by atoms with Crippen molar-refractivity contribution in [3.05, 3.63) is 69.7 Å². The van der Waals surface area contributed by atoms with E-state index in [-0.39, 0.29) is 5.41 Å². The van der Waals surface area contributed by atoms with Crippen LogP contribution in [0.1, 0.15) is 36.5 Å². The standard InChI is InChI=1S/C17H16Cl2O/c18-14-8-7-12(11-15(14)19)16(20)17(9-4-10-17)13-5-2-1-3-6-13/h1-3,5-8,11,16,20H,4,9-10H2. The molecule has 3 rings (SSSR count). The summed E-state index contributed by atoms with van der Waals surface area (Å²) < 4.78 is 0. The highest BCUT2D eigenvalue weighted by atomic mass is 35.5. The molecule has 1 N–H and O–H groups in total. The van der Waals surface area contributed by atoms with Gasteiger partial charge in [0.25, 0.3) is 0 Å². The summed E-state index contributed by atoms with van der Waals surface area (Å²) in [6.07, 6.45) is 2.60. The van der Waals surface area contributed by atoms with Crippen LogP contribution < -0.4 is 0 Å². The average molecular weight is 307 g/mol. The molecule has 1 aliphatic rings. The molecule has 0 aromatic heterocycles. The largest absolute Gasteiger partial charge is 0.387 e. The molecule has 0 aliphatic heterocycles. The van der Waals surface area contributed by atoms with E-state index in [9.17, 15) is 5.11 Å². The van der Waals surface area contributed by atoms with Crippen LogP contribution in [0, 0.1) is 0 Å². The molecule has 2 aromatic carbocycles. The lowest BCUT2D eigenvalue weighted by Gasteiger charge is -2.46. The van der Waals surface area contributed by atoms with Gasteiger partial charge in [-0.1, -0.05) is 66.0 Å². The molecule has 1 saturated carbocycles. The monoisotopic (exact) mass is 306 g/mol. The molecule has 0 bridgehead atoms. The molecule has 1 atom stereocenters. The number of halogens is 2. The van der Waals surface area contributed by atoms with Crippen LogP contribution in [-0.4, -0.2) is 5.11 Å². The van der Waals surface area contributed by atoms with Crippen molar-refractivity contribution in [3.8, 4) is 0 Å². The zero-order valence-electron chi connectivity index (χ0n) is 11.0. The van der Waals surface area contributed by atoms with E-state index in [1.807, 2.05) is 24.3 Å². The fourth-order valence-electron chi connectivity index (χ4n) is 3.05. The van der Waals surface area contributed by atoms with Gasteiger partial charge in [0, 0.05) is 5.41 Å². The summed E-state index contributed by atoms with van der Waals surface area (Å²) in [5.74, 6) is 0. The molecular weight excluding hydrogens is 291 g/mol. The van der Waals surface area contributed by atoms with Gasteiger partial charge in [-0.25, -0.2) is 0 Å². The lowest BCUT2D eigenvalue weighted by molar-refractivity contribution is 0.0268. The maximum Gasteiger partial charge on any atom is 0.0887 e. The summed E-state index contributed by atoms with van der Waals surface area (Å²) in [4.78, 5) is 0. The Kier molecular flexibility index (Phi) is 3.76. The van der Waals surface area contributed by atoms with Crippen molar-refractivity contribution in [2.45, 2.75) is 30.8 Å². The van der Waals surface area contributed by atoms with E-state index < -0.39 is 6.10 Å². The number of hydrogen-bond donors (Lipinski definition) is 1. The zero-order valence-corrected chi connectivity index (χ0v) is 12.5. The highest BCUT2D eigenvalue weighted by Gasteiger charge is 2.45. The molecule has 0 heterocycles. The van der Waals surface area contributed by atoms with E-state index >= 15 is 0 Å². The van der Waals surface area contributed by atoms with Gasteiger partial charge in [0.1, 0.15) is 0 Å². The third-order valence-corrected chi connectivity index (χ3v) is 5.12. The SMILES string of the molecule is OC(c1ccc(Cl)c(Cl)c1)C1(c2ccccc2)CCC1. The predicted octanol–water partition coefficient (Wildman–Crippen LogP) is 5.15. The minimum Gasteiger partial charge on any atom is -0.387 e. The fraction of sp³-hybridized carbons (Fsp3) is 0.294. The average Bonchev–Trinajstić information content (AvgIpc) is 2.42. The van der Waals surface area contributed by atoms with E-state index in [4.69, 9.17) is 23.2 Å². The Morgan fingerprint density at radius 2 is 1.65 bits per heavy atom. The Morgan fingerprint density at radius 1 is 0.950 bits per heavy atom. The smallest absolute Gasteiger partial charge is 0.0887 e. The van der Waals surface area contributed by atoms with Gasteiger partial charge < -0.3 is 5.11 Å². The lowest BCUT2D eigenvalue weighted by atomic mass is 9.60. The normalized spacial score (nSPS) is 18.4. The second-order valence-corrected chi connectivity index (χ2v) is 6.27. The molecule has 2 aromatic rings. The summed E-state index contributed by atoms with van der Waals surface area (Å²) >= 11 is 12.0. The van der Waals surface area contributed by atoms with Crippen LogP contribution in [0.15, 0.2) is 48.5 Å². The molecule has 0 spiro atoms. The number of benzene rings is 2. The first-order chi connectivity index (χ1) is 9.63. The Morgan fingerprint density at radius 3 is 2.20 bits per heavy atom. The second kappa shape index (κ2) is 5.40. The summed E-state index contributed by atoms with van der Waals surface area (Å²) in [5, 5.41) is 11.9. The minimum atomic E-state index is -0.548. The molecule has 1 nitrogen and oxygen atoms in total. The van der Waals surface area contributed by atoms with Crippen LogP contribution in [0.2, 0.25) is 10.0 Å². The molecule has 1 unspecified atom stereocenters. The Hall–Kier alpha value is -1.02. The summed E-state index contributed by atoms with van der Waals surface area (Å²) in [6, 6.07) is 15.6. The zero-order chi connectivity index (χ0) is 14.2. The number of aliphatic hydroxyl groups is 1. The molecule has 104 valence electrons. The van der Waals surface area contributed by atoms with E-state index in [1.165, 1.54) is 5.56 Å². The molecule has 0 amide bonds. The minimum absolute atomic E-state index is 0.182. The fourth-order valence-corrected chi connectivity index (χ4v) is 3.36. The molecular formula is C17H16Cl2O. The van der Waals surface area contributed by atoms with Crippen LogP contribution in [-0.2, 0) is 5.41 Å². The molecule has 0 saturated heterocycles. The number of aliphatic hydroxyl groups excluding tert-OH is 1. The van der Waals surface area contributed by atoms with Crippen molar-refractivity contribution >= 4 is 23.2 Å². The van der Waals surface area contributed by atoms with E-state index in [1.54, 1.807) is 12.1 Å². The highest BCUT2D eigenvalue weighted by Crippen LogP contribution is 2.52. The van der Waals surface area contributed by atoms with Crippen LogP contribution in [0.4, 0.5) is 0 Å². The molecule has 1 fully saturated rings. The number of rotatable bonds is 3.